The first-order chi connectivity index (χ1) is 12.7. The number of carbonyl (C=O) groups excluding carboxylic acids is 1. The molecule has 4 rings (SSSR count). The number of amides is 1. The van der Waals surface area contributed by atoms with Crippen LogP contribution in [0.2, 0.25) is 0 Å². The number of carbonyl (C=O) groups is 1. The van der Waals surface area contributed by atoms with Gasteiger partial charge in [-0.25, -0.2) is 9.37 Å². The van der Waals surface area contributed by atoms with Crippen LogP contribution in [-0.4, -0.2) is 59.7 Å². The molecule has 2 aliphatic rings. The molecular formula is C18H19FN4O3. The third-order valence-electron chi connectivity index (χ3n) is 4.55. The van der Waals surface area contributed by atoms with Gasteiger partial charge in [-0.05, 0) is 12.1 Å². The van der Waals surface area contributed by atoms with Crippen LogP contribution in [0.5, 0.6) is 5.75 Å². The summed E-state index contributed by atoms with van der Waals surface area (Å²) >= 11 is 0. The predicted molar refractivity (Wildman–Crippen MR) is 91.3 cm³/mol. The van der Waals surface area contributed by atoms with Crippen LogP contribution in [0, 0.1) is 5.82 Å². The van der Waals surface area contributed by atoms with Gasteiger partial charge in [-0.15, -0.1) is 0 Å². The van der Waals surface area contributed by atoms with Gasteiger partial charge in [-0.3, -0.25) is 9.78 Å². The Morgan fingerprint density at radius 2 is 2.12 bits per heavy atom. The van der Waals surface area contributed by atoms with Crippen molar-refractivity contribution in [3.05, 3.63) is 41.6 Å². The average molecular weight is 358 g/mol. The number of nitrogens with zero attached hydrogens (tertiary/aromatic N) is 3. The van der Waals surface area contributed by atoms with Crippen molar-refractivity contribution >= 4 is 5.91 Å². The molecule has 0 saturated carbocycles. The van der Waals surface area contributed by atoms with Crippen molar-refractivity contribution in [1.29, 1.82) is 0 Å². The minimum absolute atomic E-state index is 0.184. The quantitative estimate of drug-likeness (QED) is 0.881. The van der Waals surface area contributed by atoms with Crippen molar-refractivity contribution < 1.29 is 18.7 Å². The summed E-state index contributed by atoms with van der Waals surface area (Å²) in [6.07, 6.45) is 3.29. The molecule has 26 heavy (non-hydrogen) atoms. The second-order valence-corrected chi connectivity index (χ2v) is 6.32. The molecule has 2 aliphatic heterocycles. The topological polar surface area (TPSA) is 90.6 Å². The Hall–Kier alpha value is -2.58. The van der Waals surface area contributed by atoms with Gasteiger partial charge in [0.05, 0.1) is 31.3 Å². The van der Waals surface area contributed by atoms with Crippen molar-refractivity contribution in [3.8, 4) is 17.0 Å². The standard InChI is InChI=1S/C18H19FN4O3/c19-12-5-11-6-13(8-20)26-17(11)14(7-12)15-9-21-10-16(22-15)18(24)23-1-3-25-4-2-23/h5,7,9-10,13H,1-4,6,8,20H2/t13-/m0/s1. The van der Waals surface area contributed by atoms with Gasteiger partial charge in [-0.1, -0.05) is 0 Å². The highest BCUT2D eigenvalue weighted by Gasteiger charge is 2.27. The highest BCUT2D eigenvalue weighted by Crippen LogP contribution is 2.38. The lowest BCUT2D eigenvalue weighted by molar-refractivity contribution is 0.0299. The van der Waals surface area contributed by atoms with Crippen molar-refractivity contribution in [3.63, 3.8) is 0 Å². The maximum absolute atomic E-state index is 14.1. The lowest BCUT2D eigenvalue weighted by Crippen LogP contribution is -2.41. The maximum atomic E-state index is 14.1. The highest BCUT2D eigenvalue weighted by molar-refractivity contribution is 5.92. The molecule has 0 unspecified atom stereocenters. The summed E-state index contributed by atoms with van der Waals surface area (Å²) in [5.74, 6) is -0.0321. The molecule has 2 aromatic rings. The van der Waals surface area contributed by atoms with Gasteiger partial charge in [-0.2, -0.15) is 0 Å². The zero-order valence-corrected chi connectivity index (χ0v) is 14.2. The molecule has 3 heterocycles. The second kappa shape index (κ2) is 6.97. The van der Waals surface area contributed by atoms with Gasteiger partial charge in [0.2, 0.25) is 0 Å². The van der Waals surface area contributed by atoms with E-state index in [-0.39, 0.29) is 23.5 Å². The van der Waals surface area contributed by atoms with E-state index in [1.54, 1.807) is 4.90 Å². The number of aromatic nitrogens is 2. The summed E-state index contributed by atoms with van der Waals surface area (Å²) in [6.45, 7) is 2.38. The van der Waals surface area contributed by atoms with Crippen LogP contribution >= 0.6 is 0 Å². The number of nitrogens with two attached hydrogens (primary N) is 1. The maximum Gasteiger partial charge on any atom is 0.274 e. The second-order valence-electron chi connectivity index (χ2n) is 6.32. The minimum atomic E-state index is -0.383. The number of ether oxygens (including phenoxy) is 2. The van der Waals surface area contributed by atoms with Gasteiger partial charge in [0, 0.05) is 37.2 Å². The molecule has 1 aromatic carbocycles. The summed E-state index contributed by atoms with van der Waals surface area (Å²) in [6, 6.07) is 2.80. The number of rotatable bonds is 3. The smallest absolute Gasteiger partial charge is 0.274 e. The van der Waals surface area contributed by atoms with Crippen LogP contribution in [0.4, 0.5) is 4.39 Å². The Labute approximate surface area is 149 Å². The first kappa shape index (κ1) is 16.9. The van der Waals surface area contributed by atoms with Crippen molar-refractivity contribution in [2.75, 3.05) is 32.8 Å². The number of benzene rings is 1. The van der Waals surface area contributed by atoms with E-state index in [1.165, 1.54) is 24.5 Å². The summed E-state index contributed by atoms with van der Waals surface area (Å²) in [4.78, 5) is 22.8. The molecule has 136 valence electrons. The van der Waals surface area contributed by atoms with E-state index in [0.29, 0.717) is 56.3 Å². The molecule has 2 N–H and O–H groups in total. The highest BCUT2D eigenvalue weighted by atomic mass is 19.1. The molecule has 0 aliphatic carbocycles. The molecule has 1 saturated heterocycles. The van der Waals surface area contributed by atoms with E-state index in [0.717, 1.165) is 5.56 Å². The van der Waals surface area contributed by atoms with Crippen LogP contribution in [0.3, 0.4) is 0 Å². The molecule has 0 bridgehead atoms. The monoisotopic (exact) mass is 358 g/mol. The minimum Gasteiger partial charge on any atom is -0.488 e. The van der Waals surface area contributed by atoms with E-state index < -0.39 is 0 Å². The van der Waals surface area contributed by atoms with E-state index in [1.807, 2.05) is 0 Å². The lowest BCUT2D eigenvalue weighted by atomic mass is 10.0. The number of morpholine rings is 1. The van der Waals surface area contributed by atoms with Gasteiger partial charge >= 0.3 is 0 Å². The molecule has 0 radical (unpaired) electrons. The van der Waals surface area contributed by atoms with Gasteiger partial charge in [0.25, 0.3) is 5.91 Å². The molecule has 7 nitrogen and oxygen atoms in total. The fourth-order valence-corrected chi connectivity index (χ4v) is 3.24. The van der Waals surface area contributed by atoms with Crippen molar-refractivity contribution in [1.82, 2.24) is 14.9 Å². The molecule has 1 fully saturated rings. The van der Waals surface area contributed by atoms with Crippen LogP contribution < -0.4 is 10.5 Å². The third-order valence-corrected chi connectivity index (χ3v) is 4.55. The largest absolute Gasteiger partial charge is 0.488 e. The first-order valence-electron chi connectivity index (χ1n) is 8.54. The summed E-state index contributed by atoms with van der Waals surface area (Å²) < 4.78 is 25.2. The molecule has 1 aromatic heterocycles. The Balaban J connectivity index is 1.68. The van der Waals surface area contributed by atoms with E-state index in [2.05, 4.69) is 9.97 Å². The summed E-state index contributed by atoms with van der Waals surface area (Å²) in [7, 11) is 0. The molecule has 8 heteroatoms. The van der Waals surface area contributed by atoms with Crippen molar-refractivity contribution in [2.45, 2.75) is 12.5 Å². The first-order valence-corrected chi connectivity index (χ1v) is 8.54. The van der Waals surface area contributed by atoms with Crippen LogP contribution in [0.25, 0.3) is 11.3 Å². The fourth-order valence-electron chi connectivity index (χ4n) is 3.24. The normalized spacial score (nSPS) is 19.2. The number of hydrogen-bond acceptors (Lipinski definition) is 6. The molecule has 1 amide bonds. The average Bonchev–Trinajstić information content (AvgIpc) is 3.10. The Morgan fingerprint density at radius 3 is 2.88 bits per heavy atom. The van der Waals surface area contributed by atoms with Gasteiger partial charge < -0.3 is 20.1 Å². The third kappa shape index (κ3) is 3.13. The van der Waals surface area contributed by atoms with Crippen molar-refractivity contribution in [2.24, 2.45) is 5.73 Å². The van der Waals surface area contributed by atoms with Crippen LogP contribution in [-0.2, 0) is 11.2 Å². The summed E-state index contributed by atoms with van der Waals surface area (Å²) in [5, 5.41) is 0. The number of fused-ring (bicyclic) bond motifs is 1. The van der Waals surface area contributed by atoms with E-state index >= 15 is 0 Å². The predicted octanol–water partition coefficient (Wildman–Crippen LogP) is 1.02. The molecule has 0 spiro atoms. The number of halogens is 1. The fraction of sp³-hybridized carbons (Fsp3) is 0.389. The van der Waals surface area contributed by atoms with Gasteiger partial charge in [0.15, 0.2) is 0 Å². The Morgan fingerprint density at radius 1 is 1.31 bits per heavy atom. The Kier molecular flexibility index (Phi) is 4.52. The molecular weight excluding hydrogens is 339 g/mol. The van der Waals surface area contributed by atoms with Gasteiger partial charge in [0.1, 0.15) is 23.4 Å². The zero-order valence-electron chi connectivity index (χ0n) is 14.2. The zero-order chi connectivity index (χ0) is 18.1. The lowest BCUT2D eigenvalue weighted by Gasteiger charge is -2.26. The Bertz CT molecular complexity index is 839. The van der Waals surface area contributed by atoms with E-state index in [4.69, 9.17) is 15.2 Å². The molecule has 1 atom stereocenters. The van der Waals surface area contributed by atoms with E-state index in [9.17, 15) is 9.18 Å². The number of hydrogen-bond donors (Lipinski definition) is 1. The summed E-state index contributed by atoms with van der Waals surface area (Å²) in [5.41, 5.74) is 7.54. The van der Waals surface area contributed by atoms with Crippen LogP contribution in [0.1, 0.15) is 16.1 Å². The SMILES string of the molecule is NC[C@@H]1Cc2cc(F)cc(-c3cncc(C(=O)N4CCOCC4)n3)c2O1. The van der Waals surface area contributed by atoms with Crippen LogP contribution in [0.15, 0.2) is 24.5 Å².